The molecule has 12 heavy (non-hydrogen) atoms. The van der Waals surface area contributed by atoms with Crippen molar-refractivity contribution in [3.05, 3.63) is 30.1 Å². The molecule has 0 fully saturated rings. The lowest BCUT2D eigenvalue weighted by Gasteiger charge is -2.03. The molecule has 1 rings (SSSR count). The number of hydrogen-bond acceptors (Lipinski definition) is 2. The van der Waals surface area contributed by atoms with Crippen molar-refractivity contribution in [1.29, 1.82) is 0 Å². The van der Waals surface area contributed by atoms with Crippen molar-refractivity contribution in [3.63, 3.8) is 0 Å². The monoisotopic (exact) mass is 227 g/mol. The molecule has 2 nitrogen and oxygen atoms in total. The highest BCUT2D eigenvalue weighted by molar-refractivity contribution is 9.10. The summed E-state index contributed by atoms with van der Waals surface area (Å²) in [7, 11) is 0. The maximum atomic E-state index is 11.5. The Morgan fingerprint density at radius 1 is 1.67 bits per heavy atom. The number of pyridine rings is 1. The van der Waals surface area contributed by atoms with Gasteiger partial charge in [-0.1, -0.05) is 28.9 Å². The quantitative estimate of drug-likeness (QED) is 0.587. The Labute approximate surface area is 80.1 Å². The van der Waals surface area contributed by atoms with Crippen molar-refractivity contribution >= 4 is 21.7 Å². The zero-order valence-electron chi connectivity index (χ0n) is 6.83. The molecule has 0 radical (unpaired) electrons. The molecule has 1 heterocycles. The van der Waals surface area contributed by atoms with Crippen LogP contribution in [-0.4, -0.2) is 15.6 Å². The van der Waals surface area contributed by atoms with Gasteiger partial charge in [0.05, 0.1) is 4.83 Å². The highest BCUT2D eigenvalue weighted by Crippen LogP contribution is 2.10. The first-order chi connectivity index (χ1) is 5.75. The average molecular weight is 228 g/mol. The Morgan fingerprint density at radius 3 is 2.92 bits per heavy atom. The van der Waals surface area contributed by atoms with Gasteiger partial charge in [0.1, 0.15) is 5.69 Å². The molecule has 64 valence electrons. The van der Waals surface area contributed by atoms with Crippen molar-refractivity contribution in [2.75, 3.05) is 0 Å². The van der Waals surface area contributed by atoms with Crippen molar-refractivity contribution < 1.29 is 4.79 Å². The zero-order chi connectivity index (χ0) is 8.97. The Morgan fingerprint density at radius 2 is 2.42 bits per heavy atom. The van der Waals surface area contributed by atoms with E-state index in [0.29, 0.717) is 5.69 Å². The maximum absolute atomic E-state index is 11.5. The van der Waals surface area contributed by atoms with Crippen LogP contribution >= 0.6 is 15.9 Å². The van der Waals surface area contributed by atoms with Gasteiger partial charge in [-0.05, 0) is 18.6 Å². The third kappa shape index (κ3) is 2.14. The minimum absolute atomic E-state index is 0.0538. The molecular formula is C9H10BrNO. The van der Waals surface area contributed by atoms with Gasteiger partial charge in [0.2, 0.25) is 0 Å². The second-order valence-electron chi connectivity index (χ2n) is 2.46. The fourth-order valence-electron chi connectivity index (χ4n) is 0.854. The summed E-state index contributed by atoms with van der Waals surface area (Å²) in [5.74, 6) is 0.0538. The number of nitrogens with zero attached hydrogens (tertiary/aromatic N) is 1. The van der Waals surface area contributed by atoms with Crippen LogP contribution < -0.4 is 0 Å². The Kier molecular flexibility index (Phi) is 3.41. The highest BCUT2D eigenvalue weighted by atomic mass is 79.9. The first kappa shape index (κ1) is 9.39. The number of halogens is 1. The molecule has 3 heteroatoms. The molecule has 0 saturated carbocycles. The van der Waals surface area contributed by atoms with Gasteiger partial charge < -0.3 is 0 Å². The fraction of sp³-hybridized carbons (Fsp3) is 0.333. The molecule has 0 aromatic carbocycles. The largest absolute Gasteiger partial charge is 0.291 e. The van der Waals surface area contributed by atoms with Crippen molar-refractivity contribution in [1.82, 2.24) is 4.98 Å². The molecule has 0 aliphatic carbocycles. The van der Waals surface area contributed by atoms with E-state index in [4.69, 9.17) is 0 Å². The van der Waals surface area contributed by atoms with Gasteiger partial charge in [0.15, 0.2) is 5.78 Å². The summed E-state index contributed by atoms with van der Waals surface area (Å²) in [6.45, 7) is 1.96. The molecule has 0 aliphatic heterocycles. The molecule has 1 aromatic rings. The van der Waals surface area contributed by atoms with E-state index < -0.39 is 0 Å². The van der Waals surface area contributed by atoms with Gasteiger partial charge in [-0.15, -0.1) is 0 Å². The van der Waals surface area contributed by atoms with E-state index in [9.17, 15) is 4.79 Å². The molecule has 1 atom stereocenters. The number of alkyl halides is 1. The Balaban J connectivity index is 2.79. The molecule has 0 spiro atoms. The van der Waals surface area contributed by atoms with Crippen molar-refractivity contribution in [2.45, 2.75) is 18.2 Å². The molecule has 0 bridgehead atoms. The number of carbonyl (C=O) groups excluding carboxylic acids is 1. The number of Topliss-reactive ketones (excluding diaryl/α,β-unsaturated/α-hetero) is 1. The van der Waals surface area contributed by atoms with Crippen LogP contribution in [0, 0.1) is 0 Å². The smallest absolute Gasteiger partial charge is 0.194 e. The molecule has 0 aliphatic rings. The third-order valence-corrected chi connectivity index (χ3v) is 2.62. The number of aromatic nitrogens is 1. The van der Waals surface area contributed by atoms with Gasteiger partial charge in [0, 0.05) is 6.20 Å². The minimum Gasteiger partial charge on any atom is -0.291 e. The van der Waals surface area contributed by atoms with Crippen LogP contribution in [0.25, 0.3) is 0 Å². The number of rotatable bonds is 3. The Hall–Kier alpha value is -0.700. The van der Waals surface area contributed by atoms with Crippen LogP contribution in [0.4, 0.5) is 0 Å². The molecule has 0 N–H and O–H groups in total. The molecular weight excluding hydrogens is 218 g/mol. The van der Waals surface area contributed by atoms with Crippen molar-refractivity contribution in [3.8, 4) is 0 Å². The minimum atomic E-state index is -0.104. The summed E-state index contributed by atoms with van der Waals surface area (Å²) in [6.07, 6.45) is 2.41. The first-order valence-electron chi connectivity index (χ1n) is 3.85. The van der Waals surface area contributed by atoms with Crippen LogP contribution in [0.3, 0.4) is 0 Å². The van der Waals surface area contributed by atoms with E-state index in [0.717, 1.165) is 6.42 Å². The van der Waals surface area contributed by atoms with E-state index in [1.165, 1.54) is 0 Å². The normalized spacial score (nSPS) is 12.5. The topological polar surface area (TPSA) is 30.0 Å². The SMILES string of the molecule is CC[C@H](Br)C(=O)c1ccccn1. The van der Waals surface area contributed by atoms with Crippen molar-refractivity contribution in [2.24, 2.45) is 0 Å². The van der Waals surface area contributed by atoms with Crippen LogP contribution in [0.2, 0.25) is 0 Å². The van der Waals surface area contributed by atoms with E-state index in [1.807, 2.05) is 13.0 Å². The lowest BCUT2D eigenvalue weighted by Crippen LogP contribution is -2.14. The molecule has 0 saturated heterocycles. The highest BCUT2D eigenvalue weighted by Gasteiger charge is 2.14. The van der Waals surface area contributed by atoms with E-state index in [-0.39, 0.29) is 10.6 Å². The molecule has 0 unspecified atom stereocenters. The molecule has 1 aromatic heterocycles. The first-order valence-corrected chi connectivity index (χ1v) is 4.76. The number of ketones is 1. The van der Waals surface area contributed by atoms with Gasteiger partial charge in [-0.2, -0.15) is 0 Å². The maximum Gasteiger partial charge on any atom is 0.194 e. The Bertz CT molecular complexity index is 260. The van der Waals surface area contributed by atoms with Crippen LogP contribution in [0.5, 0.6) is 0 Å². The third-order valence-electron chi connectivity index (χ3n) is 1.56. The summed E-state index contributed by atoms with van der Waals surface area (Å²) in [6, 6.07) is 5.34. The van der Waals surface area contributed by atoms with Gasteiger partial charge in [0.25, 0.3) is 0 Å². The summed E-state index contributed by atoms with van der Waals surface area (Å²) in [5, 5.41) is 0. The molecule has 0 amide bonds. The number of hydrogen-bond donors (Lipinski definition) is 0. The summed E-state index contributed by atoms with van der Waals surface area (Å²) in [4.78, 5) is 15.3. The fourth-order valence-corrected chi connectivity index (χ4v) is 1.09. The van der Waals surface area contributed by atoms with Crippen LogP contribution in [0.15, 0.2) is 24.4 Å². The summed E-state index contributed by atoms with van der Waals surface area (Å²) >= 11 is 3.29. The predicted molar refractivity (Wildman–Crippen MR) is 51.6 cm³/mol. The zero-order valence-corrected chi connectivity index (χ0v) is 8.41. The van der Waals surface area contributed by atoms with Crippen LogP contribution in [0.1, 0.15) is 23.8 Å². The second kappa shape index (κ2) is 4.36. The predicted octanol–water partition coefficient (Wildman–Crippen LogP) is 2.44. The van der Waals surface area contributed by atoms with E-state index >= 15 is 0 Å². The average Bonchev–Trinajstić information content (AvgIpc) is 2.17. The van der Waals surface area contributed by atoms with Crippen LogP contribution in [-0.2, 0) is 0 Å². The summed E-state index contributed by atoms with van der Waals surface area (Å²) in [5.41, 5.74) is 0.529. The number of carbonyl (C=O) groups is 1. The van der Waals surface area contributed by atoms with E-state index in [1.54, 1.807) is 18.3 Å². The van der Waals surface area contributed by atoms with E-state index in [2.05, 4.69) is 20.9 Å². The van der Waals surface area contributed by atoms with Gasteiger partial charge in [-0.3, -0.25) is 9.78 Å². The summed E-state index contributed by atoms with van der Waals surface area (Å²) < 4.78 is 0. The standard InChI is InChI=1S/C9H10BrNO/c1-2-7(10)9(12)8-5-3-4-6-11-8/h3-7H,2H2,1H3/t7-/m0/s1. The van der Waals surface area contributed by atoms with Gasteiger partial charge in [-0.25, -0.2) is 0 Å². The second-order valence-corrected chi connectivity index (χ2v) is 3.56. The van der Waals surface area contributed by atoms with Gasteiger partial charge >= 0.3 is 0 Å². The lowest BCUT2D eigenvalue weighted by atomic mass is 10.1. The lowest BCUT2D eigenvalue weighted by molar-refractivity contribution is 0.0985.